The van der Waals surface area contributed by atoms with Crippen LogP contribution in [0.5, 0.6) is 0 Å². The second-order valence-corrected chi connectivity index (χ2v) is 5.28. The molecule has 0 aromatic heterocycles. The van der Waals surface area contributed by atoms with Crippen LogP contribution in [0, 0.1) is 0 Å². The molecule has 2 N–H and O–H groups in total. The van der Waals surface area contributed by atoms with E-state index >= 15 is 0 Å². The Balaban J connectivity index is 2.24. The van der Waals surface area contributed by atoms with E-state index in [0.717, 1.165) is 18.1 Å². The van der Waals surface area contributed by atoms with Crippen LogP contribution >= 0.6 is 11.6 Å². The Labute approximate surface area is 108 Å². The molecule has 1 saturated heterocycles. The highest BCUT2D eigenvalue weighted by Crippen LogP contribution is 2.25. The average molecular weight is 254 g/mol. The molecule has 0 saturated carbocycles. The van der Waals surface area contributed by atoms with E-state index in [-0.39, 0.29) is 0 Å². The molecule has 1 heterocycles. The van der Waals surface area contributed by atoms with Crippen molar-refractivity contribution in [3.8, 4) is 0 Å². The van der Waals surface area contributed by atoms with E-state index in [0.29, 0.717) is 18.6 Å². The molecular weight excluding hydrogens is 234 g/mol. The average Bonchev–Trinajstić information content (AvgIpc) is 2.30. The molecule has 0 aliphatic carbocycles. The monoisotopic (exact) mass is 253 g/mol. The molecule has 94 valence electrons. The topological polar surface area (TPSA) is 32.5 Å². The highest BCUT2D eigenvalue weighted by molar-refractivity contribution is 6.30. The van der Waals surface area contributed by atoms with Crippen molar-refractivity contribution >= 4 is 17.3 Å². The van der Waals surface area contributed by atoms with E-state index in [1.165, 1.54) is 5.69 Å². The van der Waals surface area contributed by atoms with Crippen molar-refractivity contribution in [2.24, 2.45) is 5.73 Å². The van der Waals surface area contributed by atoms with Crippen molar-refractivity contribution in [3.63, 3.8) is 0 Å². The van der Waals surface area contributed by atoms with Gasteiger partial charge in [0.1, 0.15) is 0 Å². The van der Waals surface area contributed by atoms with Crippen LogP contribution in [0.2, 0.25) is 5.02 Å². The van der Waals surface area contributed by atoms with Crippen molar-refractivity contribution in [1.29, 1.82) is 0 Å². The molecule has 0 bridgehead atoms. The largest absolute Gasteiger partial charge is 0.362 e. The maximum absolute atomic E-state index is 5.93. The number of hydrogen-bond acceptors (Lipinski definition) is 3. The van der Waals surface area contributed by atoms with Gasteiger partial charge in [-0.1, -0.05) is 11.6 Å². The molecule has 2 rings (SSSR count). The lowest BCUT2D eigenvalue weighted by Crippen LogP contribution is -2.59. The van der Waals surface area contributed by atoms with Crippen LogP contribution in [0.3, 0.4) is 0 Å². The number of nitrogens with zero attached hydrogens (tertiary/aromatic N) is 2. The van der Waals surface area contributed by atoms with Crippen molar-refractivity contribution in [2.45, 2.75) is 19.0 Å². The zero-order valence-electron chi connectivity index (χ0n) is 10.4. The van der Waals surface area contributed by atoms with Gasteiger partial charge in [-0.3, -0.25) is 0 Å². The summed E-state index contributed by atoms with van der Waals surface area (Å²) in [7, 11) is 2.15. The summed E-state index contributed by atoms with van der Waals surface area (Å²) < 4.78 is 0. The summed E-state index contributed by atoms with van der Waals surface area (Å²) >= 11 is 5.93. The molecule has 0 radical (unpaired) electrons. The highest BCUT2D eigenvalue weighted by atomic mass is 35.5. The number of piperazine rings is 1. The fourth-order valence-corrected chi connectivity index (χ4v) is 2.81. The first-order valence-electron chi connectivity index (χ1n) is 6.04. The summed E-state index contributed by atoms with van der Waals surface area (Å²) in [5, 5.41) is 0.778. The van der Waals surface area contributed by atoms with Gasteiger partial charge in [0.2, 0.25) is 0 Å². The van der Waals surface area contributed by atoms with Crippen LogP contribution in [-0.2, 0) is 0 Å². The lowest BCUT2D eigenvalue weighted by atomic mass is 10.1. The fourth-order valence-electron chi connectivity index (χ4n) is 2.69. The van der Waals surface area contributed by atoms with Gasteiger partial charge >= 0.3 is 0 Å². The second-order valence-electron chi connectivity index (χ2n) is 4.84. The molecule has 3 nitrogen and oxygen atoms in total. The maximum Gasteiger partial charge on any atom is 0.0542 e. The zero-order valence-corrected chi connectivity index (χ0v) is 11.2. The SMILES string of the molecule is CC1CN(C)CC(CN)N1c1ccc(Cl)cc1. The summed E-state index contributed by atoms with van der Waals surface area (Å²) in [6.45, 7) is 5.01. The number of benzene rings is 1. The molecule has 1 fully saturated rings. The Morgan fingerprint density at radius 1 is 1.29 bits per heavy atom. The Hall–Kier alpha value is -0.770. The van der Waals surface area contributed by atoms with E-state index in [1.807, 2.05) is 12.1 Å². The van der Waals surface area contributed by atoms with Crippen LogP contribution in [0.15, 0.2) is 24.3 Å². The first-order chi connectivity index (χ1) is 8.11. The highest BCUT2D eigenvalue weighted by Gasteiger charge is 2.29. The van der Waals surface area contributed by atoms with Crippen LogP contribution in [0.1, 0.15) is 6.92 Å². The van der Waals surface area contributed by atoms with Gasteiger partial charge in [-0.2, -0.15) is 0 Å². The third-order valence-corrected chi connectivity index (χ3v) is 3.62. The van der Waals surface area contributed by atoms with Gasteiger partial charge in [-0.25, -0.2) is 0 Å². The number of nitrogens with two attached hydrogens (primary N) is 1. The lowest BCUT2D eigenvalue weighted by Gasteiger charge is -2.45. The lowest BCUT2D eigenvalue weighted by molar-refractivity contribution is 0.235. The number of rotatable bonds is 2. The number of anilines is 1. The maximum atomic E-state index is 5.93. The van der Waals surface area contributed by atoms with Gasteiger partial charge in [0, 0.05) is 36.4 Å². The molecule has 1 aliphatic rings. The predicted molar refractivity (Wildman–Crippen MR) is 73.7 cm³/mol. The van der Waals surface area contributed by atoms with Crippen molar-refractivity contribution < 1.29 is 0 Å². The van der Waals surface area contributed by atoms with Crippen LogP contribution in [0.25, 0.3) is 0 Å². The molecule has 4 heteroatoms. The molecule has 2 atom stereocenters. The van der Waals surface area contributed by atoms with Gasteiger partial charge < -0.3 is 15.5 Å². The predicted octanol–water partition coefficient (Wildman–Crippen LogP) is 1.81. The normalized spacial score (nSPS) is 26.2. The Bertz CT molecular complexity index is 365. The molecule has 1 aliphatic heterocycles. The third kappa shape index (κ3) is 2.73. The van der Waals surface area contributed by atoms with Crippen LogP contribution < -0.4 is 10.6 Å². The summed E-state index contributed by atoms with van der Waals surface area (Å²) in [6, 6.07) is 8.89. The molecular formula is C13H20ClN3. The minimum atomic E-state index is 0.380. The van der Waals surface area contributed by atoms with E-state index < -0.39 is 0 Å². The second kappa shape index (κ2) is 5.25. The number of likely N-dealkylation sites (N-methyl/N-ethyl adjacent to an activating group) is 1. The van der Waals surface area contributed by atoms with E-state index in [1.54, 1.807) is 0 Å². The molecule has 1 aromatic rings. The minimum absolute atomic E-state index is 0.380. The Kier molecular flexibility index (Phi) is 3.92. The van der Waals surface area contributed by atoms with Gasteiger partial charge in [-0.05, 0) is 38.2 Å². The van der Waals surface area contributed by atoms with E-state index in [4.69, 9.17) is 17.3 Å². The summed E-state index contributed by atoms with van der Waals surface area (Å²) in [5.41, 5.74) is 7.10. The standard InChI is InChI=1S/C13H20ClN3/c1-10-8-16(2)9-13(7-15)17(10)12-5-3-11(14)4-6-12/h3-6,10,13H,7-9,15H2,1-2H3. The van der Waals surface area contributed by atoms with Crippen LogP contribution in [-0.4, -0.2) is 43.7 Å². The number of halogens is 1. The first kappa shape index (κ1) is 12.7. The summed E-state index contributed by atoms with van der Waals surface area (Å²) in [4.78, 5) is 4.75. The molecule has 1 aromatic carbocycles. The van der Waals surface area contributed by atoms with Gasteiger partial charge in [0.05, 0.1) is 6.04 Å². The quantitative estimate of drug-likeness (QED) is 0.873. The first-order valence-corrected chi connectivity index (χ1v) is 6.42. The molecule has 2 unspecified atom stereocenters. The third-order valence-electron chi connectivity index (χ3n) is 3.36. The zero-order chi connectivity index (χ0) is 12.4. The van der Waals surface area contributed by atoms with Crippen molar-refractivity contribution in [2.75, 3.05) is 31.6 Å². The fraction of sp³-hybridized carbons (Fsp3) is 0.538. The molecule has 0 spiro atoms. The molecule has 17 heavy (non-hydrogen) atoms. The molecule has 0 amide bonds. The van der Waals surface area contributed by atoms with Gasteiger partial charge in [0.15, 0.2) is 0 Å². The van der Waals surface area contributed by atoms with Gasteiger partial charge in [0.25, 0.3) is 0 Å². The van der Waals surface area contributed by atoms with E-state index in [9.17, 15) is 0 Å². The number of hydrogen-bond donors (Lipinski definition) is 1. The van der Waals surface area contributed by atoms with Crippen molar-refractivity contribution in [1.82, 2.24) is 4.90 Å². The van der Waals surface area contributed by atoms with Gasteiger partial charge in [-0.15, -0.1) is 0 Å². The smallest absolute Gasteiger partial charge is 0.0542 e. The Morgan fingerprint density at radius 3 is 2.53 bits per heavy atom. The van der Waals surface area contributed by atoms with E-state index in [2.05, 4.69) is 35.9 Å². The van der Waals surface area contributed by atoms with Crippen molar-refractivity contribution in [3.05, 3.63) is 29.3 Å². The summed E-state index contributed by atoms with van der Waals surface area (Å²) in [6.07, 6.45) is 0. The Morgan fingerprint density at radius 2 is 1.94 bits per heavy atom. The van der Waals surface area contributed by atoms with Crippen LogP contribution in [0.4, 0.5) is 5.69 Å². The summed E-state index contributed by atoms with van der Waals surface area (Å²) in [5.74, 6) is 0. The minimum Gasteiger partial charge on any atom is -0.362 e.